The molecule has 0 unspecified atom stereocenters. The summed E-state index contributed by atoms with van der Waals surface area (Å²) in [5.41, 5.74) is 5.72. The number of halogens is 2. The second kappa shape index (κ2) is 4.85. The van der Waals surface area contributed by atoms with E-state index < -0.39 is 10.0 Å². The van der Waals surface area contributed by atoms with Gasteiger partial charge in [-0.1, -0.05) is 11.6 Å². The maximum Gasteiger partial charge on any atom is 0.244 e. The van der Waals surface area contributed by atoms with Crippen molar-refractivity contribution in [1.29, 1.82) is 0 Å². The number of sulfonamides is 1. The predicted octanol–water partition coefficient (Wildman–Crippen LogP) is 1.82. The Hall–Kier alpha value is -0.140. The van der Waals surface area contributed by atoms with Crippen LogP contribution in [0.2, 0.25) is 5.02 Å². The van der Waals surface area contributed by atoms with Crippen LogP contribution in [0, 0.1) is 0 Å². The topological polar surface area (TPSA) is 63.4 Å². The lowest BCUT2D eigenvalue weighted by Crippen LogP contribution is -2.32. The molecule has 1 atom stereocenters. The minimum atomic E-state index is -3.47. The van der Waals surface area contributed by atoms with Crippen molar-refractivity contribution in [2.75, 3.05) is 13.1 Å². The molecule has 0 aliphatic carbocycles. The summed E-state index contributed by atoms with van der Waals surface area (Å²) in [5.74, 6) is 0. The number of hydrogen-bond donors (Lipinski definition) is 1. The summed E-state index contributed by atoms with van der Waals surface area (Å²) in [5, 5.41) is 0.494. The van der Waals surface area contributed by atoms with E-state index in [2.05, 4.69) is 15.9 Å². The largest absolute Gasteiger partial charge is 0.326 e. The highest BCUT2D eigenvalue weighted by Gasteiger charge is 2.32. The van der Waals surface area contributed by atoms with Crippen LogP contribution in [-0.2, 0) is 10.0 Å². The summed E-state index contributed by atoms with van der Waals surface area (Å²) in [6.45, 7) is 0.843. The van der Waals surface area contributed by atoms with Gasteiger partial charge in [0.25, 0.3) is 0 Å². The molecule has 7 heteroatoms. The van der Waals surface area contributed by atoms with Crippen LogP contribution in [0.15, 0.2) is 27.6 Å². The molecule has 94 valence electrons. The maximum atomic E-state index is 12.3. The smallest absolute Gasteiger partial charge is 0.244 e. The fraction of sp³-hybridized carbons (Fsp3) is 0.400. The van der Waals surface area contributed by atoms with Gasteiger partial charge in [0.05, 0.1) is 4.90 Å². The second-order valence-electron chi connectivity index (χ2n) is 3.99. The summed E-state index contributed by atoms with van der Waals surface area (Å²) in [6.07, 6.45) is 0.699. The van der Waals surface area contributed by atoms with Gasteiger partial charge in [0, 0.05) is 28.6 Å². The van der Waals surface area contributed by atoms with Crippen LogP contribution in [0.4, 0.5) is 0 Å². The third-order valence-corrected chi connectivity index (χ3v) is 5.78. The Kier molecular flexibility index (Phi) is 3.80. The lowest BCUT2D eigenvalue weighted by Gasteiger charge is -2.17. The number of hydrogen-bond acceptors (Lipinski definition) is 3. The highest BCUT2D eigenvalue weighted by Crippen LogP contribution is 2.29. The van der Waals surface area contributed by atoms with Gasteiger partial charge >= 0.3 is 0 Å². The summed E-state index contributed by atoms with van der Waals surface area (Å²) in [7, 11) is -3.47. The molecule has 17 heavy (non-hydrogen) atoms. The Bertz CT molecular complexity index is 535. The molecule has 4 nitrogen and oxygen atoms in total. The van der Waals surface area contributed by atoms with Gasteiger partial charge in [-0.25, -0.2) is 8.42 Å². The number of nitrogens with zero attached hydrogens (tertiary/aromatic N) is 1. The van der Waals surface area contributed by atoms with E-state index in [9.17, 15) is 8.42 Å². The van der Waals surface area contributed by atoms with Crippen molar-refractivity contribution in [2.45, 2.75) is 17.4 Å². The van der Waals surface area contributed by atoms with Gasteiger partial charge < -0.3 is 5.73 Å². The fourth-order valence-electron chi connectivity index (χ4n) is 1.80. The van der Waals surface area contributed by atoms with Crippen LogP contribution in [0.3, 0.4) is 0 Å². The fourth-order valence-corrected chi connectivity index (χ4v) is 4.65. The van der Waals surface area contributed by atoms with E-state index in [0.717, 1.165) is 0 Å². The predicted molar refractivity (Wildman–Crippen MR) is 70.5 cm³/mol. The second-order valence-corrected chi connectivity index (χ2v) is 7.18. The standard InChI is InChI=1S/C10H12BrClN2O2S/c11-9-5-7(12)1-2-10(9)17(15,16)14-4-3-8(13)6-14/h1-2,5,8H,3-4,6,13H2/t8-/m1/s1. The van der Waals surface area contributed by atoms with E-state index in [1.165, 1.54) is 10.4 Å². The van der Waals surface area contributed by atoms with E-state index in [-0.39, 0.29) is 10.9 Å². The minimum absolute atomic E-state index is 0.0733. The molecule has 1 heterocycles. The molecule has 1 aromatic carbocycles. The monoisotopic (exact) mass is 338 g/mol. The molecular formula is C10H12BrClN2O2S. The Labute approximate surface area is 114 Å². The molecule has 1 aliphatic heterocycles. The van der Waals surface area contributed by atoms with Gasteiger partial charge in [0.1, 0.15) is 0 Å². The zero-order valence-electron chi connectivity index (χ0n) is 8.94. The Morgan fingerprint density at radius 1 is 1.47 bits per heavy atom. The third kappa shape index (κ3) is 2.66. The summed E-state index contributed by atoms with van der Waals surface area (Å²) in [6, 6.07) is 4.57. The van der Waals surface area contributed by atoms with Crippen molar-refractivity contribution in [3.05, 3.63) is 27.7 Å². The Balaban J connectivity index is 2.38. The van der Waals surface area contributed by atoms with Gasteiger partial charge in [0.2, 0.25) is 10.0 Å². The molecule has 1 saturated heterocycles. The number of nitrogens with two attached hydrogens (primary N) is 1. The van der Waals surface area contributed by atoms with Gasteiger partial charge in [-0.3, -0.25) is 0 Å². The molecular weight excluding hydrogens is 328 g/mol. The van der Waals surface area contributed by atoms with E-state index in [1.807, 2.05) is 0 Å². The zero-order chi connectivity index (χ0) is 12.6. The lowest BCUT2D eigenvalue weighted by molar-refractivity contribution is 0.472. The van der Waals surface area contributed by atoms with Gasteiger partial charge in [-0.2, -0.15) is 4.31 Å². The molecule has 0 saturated carbocycles. The van der Waals surface area contributed by atoms with Gasteiger partial charge in [-0.15, -0.1) is 0 Å². The van der Waals surface area contributed by atoms with Crippen LogP contribution < -0.4 is 5.73 Å². The molecule has 0 radical (unpaired) electrons. The minimum Gasteiger partial charge on any atom is -0.326 e. The van der Waals surface area contributed by atoms with Crippen LogP contribution in [0.1, 0.15) is 6.42 Å². The normalized spacial score (nSPS) is 21.9. The summed E-state index contributed by atoms with van der Waals surface area (Å²) >= 11 is 9.02. The molecule has 1 aliphatic rings. The highest BCUT2D eigenvalue weighted by atomic mass is 79.9. The number of benzene rings is 1. The molecule has 0 bridgehead atoms. The first kappa shape index (κ1) is 13.3. The molecule has 1 aromatic rings. The van der Waals surface area contributed by atoms with Crippen molar-refractivity contribution < 1.29 is 8.42 Å². The first-order valence-corrected chi connectivity index (χ1v) is 7.73. The van der Waals surface area contributed by atoms with Crippen molar-refractivity contribution in [3.63, 3.8) is 0 Å². The first-order valence-electron chi connectivity index (χ1n) is 5.12. The van der Waals surface area contributed by atoms with Gasteiger partial charge in [0.15, 0.2) is 0 Å². The van der Waals surface area contributed by atoms with Crippen LogP contribution >= 0.6 is 27.5 Å². The van der Waals surface area contributed by atoms with Crippen molar-refractivity contribution in [2.24, 2.45) is 5.73 Å². The third-order valence-electron chi connectivity index (χ3n) is 2.70. The Morgan fingerprint density at radius 3 is 2.71 bits per heavy atom. The average Bonchev–Trinajstić information content (AvgIpc) is 2.64. The average molecular weight is 340 g/mol. The van der Waals surface area contributed by atoms with Crippen molar-refractivity contribution >= 4 is 37.6 Å². The Morgan fingerprint density at radius 2 is 2.18 bits per heavy atom. The first-order chi connectivity index (χ1) is 7.91. The van der Waals surface area contributed by atoms with E-state index >= 15 is 0 Å². The van der Waals surface area contributed by atoms with Crippen molar-refractivity contribution in [3.8, 4) is 0 Å². The summed E-state index contributed by atoms with van der Waals surface area (Å²) in [4.78, 5) is 0.232. The zero-order valence-corrected chi connectivity index (χ0v) is 12.1. The van der Waals surface area contributed by atoms with Crippen LogP contribution in [0.25, 0.3) is 0 Å². The lowest BCUT2D eigenvalue weighted by atomic mass is 10.3. The van der Waals surface area contributed by atoms with E-state index in [1.54, 1.807) is 12.1 Å². The molecule has 1 fully saturated rings. The molecule has 0 aromatic heterocycles. The summed E-state index contributed by atoms with van der Waals surface area (Å²) < 4.78 is 26.5. The quantitative estimate of drug-likeness (QED) is 0.894. The molecule has 0 amide bonds. The maximum absolute atomic E-state index is 12.3. The SMILES string of the molecule is N[C@@H]1CCN(S(=O)(=O)c2ccc(Cl)cc2Br)C1. The highest BCUT2D eigenvalue weighted by molar-refractivity contribution is 9.10. The van der Waals surface area contributed by atoms with E-state index in [4.69, 9.17) is 17.3 Å². The van der Waals surface area contributed by atoms with Crippen molar-refractivity contribution in [1.82, 2.24) is 4.31 Å². The van der Waals surface area contributed by atoms with E-state index in [0.29, 0.717) is 29.0 Å². The van der Waals surface area contributed by atoms with Gasteiger partial charge in [-0.05, 0) is 40.5 Å². The van der Waals surface area contributed by atoms with Crippen LogP contribution in [0.5, 0.6) is 0 Å². The molecule has 2 rings (SSSR count). The molecule has 0 spiro atoms. The number of rotatable bonds is 2. The molecule has 2 N–H and O–H groups in total. The van der Waals surface area contributed by atoms with Crippen LogP contribution in [-0.4, -0.2) is 31.9 Å².